The molecular formula is C18H32N2O. The molecule has 0 atom stereocenters. The summed E-state index contributed by atoms with van der Waals surface area (Å²) in [6.07, 6.45) is 1.16. The van der Waals surface area contributed by atoms with Gasteiger partial charge in [-0.05, 0) is 43.1 Å². The topological polar surface area (TPSA) is 24.5 Å². The second-order valence-electron chi connectivity index (χ2n) is 6.97. The minimum atomic E-state index is 0.333. The lowest BCUT2D eigenvalue weighted by Gasteiger charge is -2.26. The zero-order chi connectivity index (χ0) is 15.7. The van der Waals surface area contributed by atoms with Crippen molar-refractivity contribution in [3.63, 3.8) is 0 Å². The third-order valence-corrected chi connectivity index (χ3v) is 3.14. The Labute approximate surface area is 130 Å². The van der Waals surface area contributed by atoms with Gasteiger partial charge in [0.25, 0.3) is 0 Å². The molecule has 0 saturated heterocycles. The van der Waals surface area contributed by atoms with Crippen molar-refractivity contribution in [2.75, 3.05) is 33.3 Å². The number of nitrogens with zero attached hydrogens (tertiary/aromatic N) is 1. The van der Waals surface area contributed by atoms with Crippen LogP contribution in [0.2, 0.25) is 0 Å². The van der Waals surface area contributed by atoms with Gasteiger partial charge in [0, 0.05) is 19.6 Å². The van der Waals surface area contributed by atoms with Gasteiger partial charge in [0.2, 0.25) is 0 Å². The number of benzene rings is 1. The van der Waals surface area contributed by atoms with Crippen LogP contribution >= 0.6 is 0 Å². The maximum Gasteiger partial charge on any atom is 0.119 e. The summed E-state index contributed by atoms with van der Waals surface area (Å²) in [7, 11) is 2.15. The van der Waals surface area contributed by atoms with Crippen LogP contribution in [0.4, 0.5) is 0 Å². The van der Waals surface area contributed by atoms with Gasteiger partial charge in [0.1, 0.15) is 12.4 Å². The third kappa shape index (κ3) is 8.74. The molecule has 0 spiro atoms. The summed E-state index contributed by atoms with van der Waals surface area (Å²) in [4.78, 5) is 2.33. The van der Waals surface area contributed by atoms with Crippen LogP contribution in [0.3, 0.4) is 0 Å². The molecule has 0 bridgehead atoms. The average molecular weight is 292 g/mol. The standard InChI is InChI=1S/C18H32N2O/c1-6-10-19-14-16-8-7-9-17(13-16)21-12-11-20(5)15-18(2,3)4/h7-9,13,19H,6,10-12,14-15H2,1-5H3. The quantitative estimate of drug-likeness (QED) is 0.705. The highest BCUT2D eigenvalue weighted by atomic mass is 16.5. The first kappa shape index (κ1) is 18.0. The summed E-state index contributed by atoms with van der Waals surface area (Å²) in [5.74, 6) is 0.968. The van der Waals surface area contributed by atoms with Gasteiger partial charge in [0.15, 0.2) is 0 Å². The van der Waals surface area contributed by atoms with Gasteiger partial charge in [0.05, 0.1) is 0 Å². The fourth-order valence-electron chi connectivity index (χ4n) is 2.36. The van der Waals surface area contributed by atoms with Crippen LogP contribution < -0.4 is 10.1 Å². The van der Waals surface area contributed by atoms with E-state index in [9.17, 15) is 0 Å². The fourth-order valence-corrected chi connectivity index (χ4v) is 2.36. The maximum atomic E-state index is 5.87. The molecule has 0 unspecified atom stereocenters. The number of likely N-dealkylation sites (N-methyl/N-ethyl adjacent to an activating group) is 1. The smallest absolute Gasteiger partial charge is 0.119 e. The number of hydrogen-bond acceptors (Lipinski definition) is 3. The zero-order valence-corrected chi connectivity index (χ0v) is 14.4. The Morgan fingerprint density at radius 1 is 1.24 bits per heavy atom. The Hall–Kier alpha value is -1.06. The summed E-state index contributed by atoms with van der Waals surface area (Å²) in [5.41, 5.74) is 1.61. The maximum absolute atomic E-state index is 5.87. The lowest BCUT2D eigenvalue weighted by atomic mass is 9.96. The molecule has 1 aromatic carbocycles. The van der Waals surface area contributed by atoms with Crippen molar-refractivity contribution in [2.24, 2.45) is 5.41 Å². The van der Waals surface area contributed by atoms with Crippen molar-refractivity contribution in [1.29, 1.82) is 0 Å². The minimum absolute atomic E-state index is 0.333. The molecule has 0 aromatic heterocycles. The van der Waals surface area contributed by atoms with E-state index in [-0.39, 0.29) is 0 Å². The largest absolute Gasteiger partial charge is 0.492 e. The highest BCUT2D eigenvalue weighted by Gasteiger charge is 2.13. The van der Waals surface area contributed by atoms with E-state index < -0.39 is 0 Å². The van der Waals surface area contributed by atoms with E-state index in [0.717, 1.165) is 45.0 Å². The third-order valence-electron chi connectivity index (χ3n) is 3.14. The normalized spacial score (nSPS) is 11.9. The van der Waals surface area contributed by atoms with Crippen LogP contribution in [0.15, 0.2) is 24.3 Å². The molecule has 3 nitrogen and oxygen atoms in total. The van der Waals surface area contributed by atoms with Crippen molar-refractivity contribution in [3.8, 4) is 5.75 Å². The Morgan fingerprint density at radius 2 is 2.00 bits per heavy atom. The molecule has 0 fully saturated rings. The SMILES string of the molecule is CCCNCc1cccc(OCCN(C)CC(C)(C)C)c1. The van der Waals surface area contributed by atoms with Gasteiger partial charge < -0.3 is 15.0 Å². The van der Waals surface area contributed by atoms with Gasteiger partial charge in [-0.2, -0.15) is 0 Å². The molecule has 1 aromatic rings. The van der Waals surface area contributed by atoms with Gasteiger partial charge in [-0.3, -0.25) is 0 Å². The van der Waals surface area contributed by atoms with Crippen LogP contribution in [-0.4, -0.2) is 38.2 Å². The van der Waals surface area contributed by atoms with Crippen molar-refractivity contribution in [2.45, 2.75) is 40.7 Å². The molecular weight excluding hydrogens is 260 g/mol. The van der Waals surface area contributed by atoms with E-state index in [4.69, 9.17) is 4.74 Å². The van der Waals surface area contributed by atoms with Crippen LogP contribution in [0.25, 0.3) is 0 Å². The molecule has 0 amide bonds. The summed E-state index contributed by atoms with van der Waals surface area (Å²) >= 11 is 0. The van der Waals surface area contributed by atoms with Gasteiger partial charge in [-0.15, -0.1) is 0 Å². The number of nitrogens with one attached hydrogen (secondary N) is 1. The van der Waals surface area contributed by atoms with Crippen LogP contribution in [-0.2, 0) is 6.54 Å². The van der Waals surface area contributed by atoms with Gasteiger partial charge in [-0.1, -0.05) is 39.8 Å². The van der Waals surface area contributed by atoms with E-state index in [1.807, 2.05) is 6.07 Å². The molecule has 0 aliphatic heterocycles. The van der Waals surface area contributed by atoms with Crippen LogP contribution in [0, 0.1) is 5.41 Å². The zero-order valence-electron chi connectivity index (χ0n) is 14.4. The summed E-state index contributed by atoms with van der Waals surface area (Å²) < 4.78 is 5.87. The fraction of sp³-hybridized carbons (Fsp3) is 0.667. The molecule has 0 heterocycles. The van der Waals surface area contributed by atoms with Gasteiger partial charge in [-0.25, -0.2) is 0 Å². The molecule has 1 N–H and O–H groups in total. The number of rotatable bonds is 9. The molecule has 0 radical (unpaired) electrons. The van der Waals surface area contributed by atoms with Crippen LogP contribution in [0.5, 0.6) is 5.75 Å². The molecule has 120 valence electrons. The van der Waals surface area contributed by atoms with Crippen molar-refractivity contribution in [1.82, 2.24) is 10.2 Å². The van der Waals surface area contributed by atoms with Crippen molar-refractivity contribution < 1.29 is 4.74 Å². The second kappa shape index (κ2) is 9.06. The summed E-state index contributed by atoms with van der Waals surface area (Å²) in [5, 5.41) is 3.41. The summed E-state index contributed by atoms with van der Waals surface area (Å²) in [6.45, 7) is 13.7. The Balaban J connectivity index is 2.33. The molecule has 1 rings (SSSR count). The molecule has 0 aliphatic carbocycles. The highest BCUT2D eigenvalue weighted by Crippen LogP contribution is 2.15. The lowest BCUT2D eigenvalue weighted by Crippen LogP contribution is -2.32. The van der Waals surface area contributed by atoms with Crippen molar-refractivity contribution >= 4 is 0 Å². The van der Waals surface area contributed by atoms with Gasteiger partial charge >= 0.3 is 0 Å². The lowest BCUT2D eigenvalue weighted by molar-refractivity contribution is 0.188. The number of ether oxygens (including phenoxy) is 1. The monoisotopic (exact) mass is 292 g/mol. The van der Waals surface area contributed by atoms with E-state index in [2.05, 4.69) is 63.2 Å². The Morgan fingerprint density at radius 3 is 2.67 bits per heavy atom. The predicted octanol–water partition coefficient (Wildman–Crippen LogP) is 3.54. The average Bonchev–Trinajstić information content (AvgIpc) is 2.37. The summed E-state index contributed by atoms with van der Waals surface area (Å²) in [6, 6.07) is 8.37. The van der Waals surface area contributed by atoms with Crippen LogP contribution in [0.1, 0.15) is 39.7 Å². The van der Waals surface area contributed by atoms with Crippen molar-refractivity contribution in [3.05, 3.63) is 29.8 Å². The molecule has 3 heteroatoms. The Kier molecular flexibility index (Phi) is 7.76. The number of hydrogen-bond donors (Lipinski definition) is 1. The minimum Gasteiger partial charge on any atom is -0.492 e. The molecule has 0 saturated carbocycles. The van der Waals surface area contributed by atoms with E-state index in [1.54, 1.807) is 0 Å². The first-order valence-corrected chi connectivity index (χ1v) is 8.02. The Bertz CT molecular complexity index is 398. The first-order chi connectivity index (χ1) is 9.90. The van der Waals surface area contributed by atoms with E-state index >= 15 is 0 Å². The van der Waals surface area contributed by atoms with E-state index in [1.165, 1.54) is 5.56 Å². The highest BCUT2D eigenvalue weighted by molar-refractivity contribution is 5.28. The first-order valence-electron chi connectivity index (χ1n) is 8.02. The molecule has 21 heavy (non-hydrogen) atoms. The molecule has 0 aliphatic rings. The van der Waals surface area contributed by atoms with E-state index in [0.29, 0.717) is 5.41 Å². The second-order valence-corrected chi connectivity index (χ2v) is 6.97. The predicted molar refractivity (Wildman–Crippen MR) is 90.9 cm³/mol.